The number of aromatic nitrogens is 2. The smallest absolute Gasteiger partial charge is 0.124 e. The molecule has 1 fully saturated rings. The van der Waals surface area contributed by atoms with Crippen molar-refractivity contribution in [3.8, 4) is 5.69 Å². The van der Waals surface area contributed by atoms with Gasteiger partial charge in [0.2, 0.25) is 0 Å². The van der Waals surface area contributed by atoms with Crippen LogP contribution in [-0.4, -0.2) is 15.6 Å². The van der Waals surface area contributed by atoms with Crippen LogP contribution in [0.3, 0.4) is 0 Å². The zero-order valence-electron chi connectivity index (χ0n) is 11.3. The van der Waals surface area contributed by atoms with E-state index < -0.39 is 0 Å². The van der Waals surface area contributed by atoms with Gasteiger partial charge in [0.15, 0.2) is 0 Å². The molecule has 3 nitrogen and oxygen atoms in total. The van der Waals surface area contributed by atoms with E-state index >= 15 is 0 Å². The summed E-state index contributed by atoms with van der Waals surface area (Å²) in [5.74, 6) is -0.329. The molecule has 106 valence electrons. The predicted octanol–water partition coefficient (Wildman–Crippen LogP) is 3.87. The van der Waals surface area contributed by atoms with Gasteiger partial charge in [0.05, 0.1) is 28.9 Å². The summed E-state index contributed by atoms with van der Waals surface area (Å²) < 4.78 is 15.1. The Morgan fingerprint density at radius 2 is 2.25 bits per heavy atom. The number of nitrogens with zero attached hydrogens (tertiary/aromatic N) is 2. The van der Waals surface area contributed by atoms with E-state index in [4.69, 9.17) is 11.6 Å². The summed E-state index contributed by atoms with van der Waals surface area (Å²) in [4.78, 5) is 4.23. The topological polar surface area (TPSA) is 29.9 Å². The van der Waals surface area contributed by atoms with Crippen molar-refractivity contribution in [3.63, 3.8) is 0 Å². The van der Waals surface area contributed by atoms with E-state index in [1.807, 2.05) is 10.8 Å². The molecule has 2 aromatic rings. The number of hydrogen-bond donors (Lipinski definition) is 1. The van der Waals surface area contributed by atoms with Crippen LogP contribution in [0.25, 0.3) is 5.69 Å². The van der Waals surface area contributed by atoms with Gasteiger partial charge in [-0.1, -0.05) is 11.6 Å². The summed E-state index contributed by atoms with van der Waals surface area (Å²) in [6.07, 6.45) is 7.06. The second kappa shape index (κ2) is 5.54. The van der Waals surface area contributed by atoms with Crippen LogP contribution >= 0.6 is 11.6 Å². The molecule has 2 heterocycles. The lowest BCUT2D eigenvalue weighted by Gasteiger charge is -2.29. The summed E-state index contributed by atoms with van der Waals surface area (Å²) in [7, 11) is 0. The first kappa shape index (κ1) is 13.6. The fraction of sp³-hybridized carbons (Fsp3) is 0.400. The summed E-state index contributed by atoms with van der Waals surface area (Å²) >= 11 is 6.15. The van der Waals surface area contributed by atoms with Crippen LogP contribution in [0.15, 0.2) is 30.7 Å². The van der Waals surface area contributed by atoms with Gasteiger partial charge in [0.25, 0.3) is 0 Å². The van der Waals surface area contributed by atoms with E-state index in [-0.39, 0.29) is 11.9 Å². The highest BCUT2D eigenvalue weighted by Gasteiger charge is 2.23. The van der Waals surface area contributed by atoms with E-state index in [0.29, 0.717) is 11.1 Å². The summed E-state index contributed by atoms with van der Waals surface area (Å²) in [6.45, 7) is 2.19. The molecular formula is C15H17ClFN3. The quantitative estimate of drug-likeness (QED) is 0.911. The fourth-order valence-electron chi connectivity index (χ4n) is 2.81. The van der Waals surface area contributed by atoms with Crippen molar-refractivity contribution in [1.82, 2.24) is 14.9 Å². The first-order valence-corrected chi connectivity index (χ1v) is 7.26. The Bertz CT molecular complexity index is 611. The van der Waals surface area contributed by atoms with Gasteiger partial charge in [-0.25, -0.2) is 9.37 Å². The molecule has 0 spiro atoms. The van der Waals surface area contributed by atoms with Crippen molar-refractivity contribution >= 4 is 11.6 Å². The Kier molecular flexibility index (Phi) is 3.76. The predicted molar refractivity (Wildman–Crippen MR) is 77.7 cm³/mol. The molecule has 0 amide bonds. The molecule has 1 N–H and O–H groups in total. The van der Waals surface area contributed by atoms with Crippen LogP contribution in [0.2, 0.25) is 5.02 Å². The van der Waals surface area contributed by atoms with Gasteiger partial charge in [-0.05, 0) is 44.4 Å². The maximum Gasteiger partial charge on any atom is 0.124 e. The number of hydrogen-bond acceptors (Lipinski definition) is 2. The highest BCUT2D eigenvalue weighted by Crippen LogP contribution is 2.29. The summed E-state index contributed by atoms with van der Waals surface area (Å²) in [5, 5.41) is 3.98. The molecule has 0 aliphatic carbocycles. The van der Waals surface area contributed by atoms with Gasteiger partial charge in [-0.15, -0.1) is 0 Å². The molecule has 1 aliphatic heterocycles. The third-order valence-corrected chi connectivity index (χ3v) is 4.11. The maximum absolute atomic E-state index is 13.2. The minimum absolute atomic E-state index is 0.266. The molecule has 3 rings (SSSR count). The molecule has 5 heteroatoms. The van der Waals surface area contributed by atoms with Gasteiger partial charge in [0.1, 0.15) is 5.82 Å². The molecule has 0 bridgehead atoms. The zero-order valence-corrected chi connectivity index (χ0v) is 12.1. The molecule has 1 saturated heterocycles. The van der Waals surface area contributed by atoms with Crippen LogP contribution in [0.5, 0.6) is 0 Å². The van der Waals surface area contributed by atoms with Crippen LogP contribution < -0.4 is 5.32 Å². The summed E-state index contributed by atoms with van der Waals surface area (Å²) in [6, 6.07) is 5.21. The zero-order chi connectivity index (χ0) is 14.1. The van der Waals surface area contributed by atoms with Crippen LogP contribution in [-0.2, 0) is 0 Å². The van der Waals surface area contributed by atoms with E-state index in [2.05, 4.69) is 17.2 Å². The van der Waals surface area contributed by atoms with Crippen molar-refractivity contribution in [3.05, 3.63) is 47.3 Å². The second-order valence-electron chi connectivity index (χ2n) is 5.34. The van der Waals surface area contributed by atoms with E-state index in [0.717, 1.165) is 17.8 Å². The Balaban J connectivity index is 1.97. The monoisotopic (exact) mass is 293 g/mol. The van der Waals surface area contributed by atoms with E-state index in [1.54, 1.807) is 12.4 Å². The van der Waals surface area contributed by atoms with Crippen molar-refractivity contribution in [1.29, 1.82) is 0 Å². The average Bonchev–Trinajstić information content (AvgIpc) is 2.87. The van der Waals surface area contributed by atoms with Gasteiger partial charge in [-0.3, -0.25) is 0 Å². The Hall–Kier alpha value is -1.39. The normalized spacial score (nSPS) is 22.9. The molecule has 0 radical (unpaired) electrons. The first-order valence-electron chi connectivity index (χ1n) is 6.89. The number of imidazole rings is 1. The highest BCUT2D eigenvalue weighted by molar-refractivity contribution is 6.32. The van der Waals surface area contributed by atoms with Gasteiger partial charge >= 0.3 is 0 Å². The third-order valence-electron chi connectivity index (χ3n) is 3.81. The van der Waals surface area contributed by atoms with Gasteiger partial charge in [-0.2, -0.15) is 0 Å². The van der Waals surface area contributed by atoms with E-state index in [1.165, 1.54) is 25.0 Å². The van der Waals surface area contributed by atoms with Crippen molar-refractivity contribution in [2.45, 2.75) is 38.3 Å². The minimum Gasteiger partial charge on any atom is -0.306 e. The third kappa shape index (κ3) is 2.58. The van der Waals surface area contributed by atoms with E-state index in [9.17, 15) is 4.39 Å². The average molecular weight is 294 g/mol. The molecule has 1 aliphatic rings. The molecular weight excluding hydrogens is 277 g/mol. The van der Waals surface area contributed by atoms with Gasteiger partial charge in [0, 0.05) is 12.1 Å². The number of halogens is 2. The number of rotatable bonds is 2. The lowest BCUT2D eigenvalue weighted by atomic mass is 9.97. The Morgan fingerprint density at radius 1 is 1.40 bits per heavy atom. The number of benzene rings is 1. The standard InChI is InChI=1S/C15H17ClFN3/c1-10-3-2-4-13(19-10)15-8-18-9-20(15)14-6-5-11(17)7-12(14)16/h5-10,13,19H,2-4H2,1H3. The largest absolute Gasteiger partial charge is 0.306 e. The lowest BCUT2D eigenvalue weighted by molar-refractivity contribution is 0.334. The first-order chi connectivity index (χ1) is 9.65. The van der Waals surface area contributed by atoms with Crippen LogP contribution in [0.4, 0.5) is 4.39 Å². The second-order valence-corrected chi connectivity index (χ2v) is 5.74. The van der Waals surface area contributed by atoms with Crippen molar-refractivity contribution in [2.24, 2.45) is 0 Å². The minimum atomic E-state index is -0.329. The number of nitrogens with one attached hydrogen (secondary N) is 1. The highest BCUT2D eigenvalue weighted by atomic mass is 35.5. The molecule has 2 unspecified atom stereocenters. The maximum atomic E-state index is 13.2. The summed E-state index contributed by atoms with van der Waals surface area (Å²) in [5.41, 5.74) is 1.84. The number of piperidine rings is 1. The van der Waals surface area contributed by atoms with Crippen molar-refractivity contribution in [2.75, 3.05) is 0 Å². The molecule has 0 saturated carbocycles. The molecule has 2 atom stereocenters. The van der Waals surface area contributed by atoms with Crippen LogP contribution in [0, 0.1) is 5.82 Å². The lowest BCUT2D eigenvalue weighted by Crippen LogP contribution is -2.35. The van der Waals surface area contributed by atoms with Crippen molar-refractivity contribution < 1.29 is 4.39 Å². The SMILES string of the molecule is CC1CCCC(c2cncn2-c2ccc(F)cc2Cl)N1. The Morgan fingerprint density at radius 3 is 3.00 bits per heavy atom. The molecule has 1 aromatic heterocycles. The molecule has 20 heavy (non-hydrogen) atoms. The Labute approximate surface area is 122 Å². The fourth-order valence-corrected chi connectivity index (χ4v) is 3.07. The molecule has 1 aromatic carbocycles. The van der Waals surface area contributed by atoms with Crippen LogP contribution in [0.1, 0.15) is 37.9 Å². The van der Waals surface area contributed by atoms with Gasteiger partial charge < -0.3 is 9.88 Å².